The lowest BCUT2D eigenvalue weighted by Crippen LogP contribution is -2.47. The molecule has 0 aromatic heterocycles. The van der Waals surface area contributed by atoms with Crippen LogP contribution in [-0.2, 0) is 9.53 Å². The van der Waals surface area contributed by atoms with Crippen molar-refractivity contribution in [2.45, 2.75) is 19.4 Å². The summed E-state index contributed by atoms with van der Waals surface area (Å²) in [6, 6.07) is 7.07. The van der Waals surface area contributed by atoms with E-state index in [4.69, 9.17) is 4.74 Å². The van der Waals surface area contributed by atoms with E-state index in [1.807, 2.05) is 31.2 Å². The molecule has 6 heteroatoms. The van der Waals surface area contributed by atoms with Gasteiger partial charge in [0.15, 0.2) is 0 Å². The van der Waals surface area contributed by atoms with Crippen LogP contribution in [0.15, 0.2) is 24.3 Å². The monoisotopic (exact) mass is 322 g/mol. The summed E-state index contributed by atoms with van der Waals surface area (Å²) in [6.07, 6.45) is 0.772. The van der Waals surface area contributed by atoms with Crippen LogP contribution in [0.1, 0.15) is 22.3 Å². The quantitative estimate of drug-likeness (QED) is 0.809. The van der Waals surface area contributed by atoms with E-state index in [1.54, 1.807) is 23.8 Å². The highest BCUT2D eigenvalue weighted by molar-refractivity contribution is 7.99. The van der Waals surface area contributed by atoms with Gasteiger partial charge in [0.25, 0.3) is 5.91 Å². The Balaban J connectivity index is 1.96. The molecule has 1 unspecified atom stereocenters. The van der Waals surface area contributed by atoms with Crippen molar-refractivity contribution >= 4 is 23.6 Å². The highest BCUT2D eigenvalue weighted by atomic mass is 32.2. The Labute approximate surface area is 135 Å². The number of ether oxygens (including phenoxy) is 1. The minimum absolute atomic E-state index is 0.0814. The van der Waals surface area contributed by atoms with Gasteiger partial charge < -0.3 is 15.0 Å². The van der Waals surface area contributed by atoms with Gasteiger partial charge in [-0.1, -0.05) is 17.7 Å². The fourth-order valence-electron chi connectivity index (χ4n) is 2.27. The van der Waals surface area contributed by atoms with Crippen molar-refractivity contribution in [1.82, 2.24) is 10.2 Å². The van der Waals surface area contributed by atoms with E-state index >= 15 is 0 Å². The summed E-state index contributed by atoms with van der Waals surface area (Å²) < 4.78 is 4.96. The molecule has 1 saturated heterocycles. The van der Waals surface area contributed by atoms with Gasteiger partial charge in [0, 0.05) is 31.6 Å². The maximum Gasteiger partial charge on any atom is 0.255 e. The molecule has 1 aliphatic rings. The summed E-state index contributed by atoms with van der Waals surface area (Å²) in [5.74, 6) is 1.04. The summed E-state index contributed by atoms with van der Waals surface area (Å²) in [4.78, 5) is 26.5. The SMILES string of the molecule is COCCCNC(=O)C1CSCN1C(=O)c1ccc(C)cc1. The van der Waals surface area contributed by atoms with Crippen LogP contribution in [0.25, 0.3) is 0 Å². The van der Waals surface area contributed by atoms with Crippen LogP contribution in [0, 0.1) is 6.92 Å². The van der Waals surface area contributed by atoms with Crippen molar-refractivity contribution in [3.05, 3.63) is 35.4 Å². The number of carbonyl (C=O) groups is 2. The average molecular weight is 322 g/mol. The second-order valence-electron chi connectivity index (χ2n) is 5.29. The number of amides is 2. The first-order valence-corrected chi connectivity index (χ1v) is 8.51. The first-order chi connectivity index (χ1) is 10.6. The Hall–Kier alpha value is -1.53. The van der Waals surface area contributed by atoms with E-state index < -0.39 is 0 Å². The van der Waals surface area contributed by atoms with E-state index in [2.05, 4.69) is 5.32 Å². The second kappa shape index (κ2) is 8.19. The molecule has 5 nitrogen and oxygen atoms in total. The Morgan fingerprint density at radius 3 is 2.77 bits per heavy atom. The minimum Gasteiger partial charge on any atom is -0.385 e. The lowest BCUT2D eigenvalue weighted by molar-refractivity contribution is -0.124. The molecular formula is C16H22N2O3S. The summed E-state index contributed by atoms with van der Waals surface area (Å²) in [5, 5.41) is 2.88. The first-order valence-electron chi connectivity index (χ1n) is 7.35. The minimum atomic E-state index is -0.388. The maximum absolute atomic E-state index is 12.6. The third kappa shape index (κ3) is 4.24. The fraction of sp³-hybridized carbons (Fsp3) is 0.500. The van der Waals surface area contributed by atoms with Crippen molar-refractivity contribution in [2.24, 2.45) is 0 Å². The smallest absolute Gasteiger partial charge is 0.255 e. The number of rotatable bonds is 6. The van der Waals surface area contributed by atoms with Crippen LogP contribution in [0.3, 0.4) is 0 Å². The molecule has 0 aliphatic carbocycles. The zero-order valence-corrected chi connectivity index (χ0v) is 13.8. The molecule has 1 aromatic rings. The van der Waals surface area contributed by atoms with Crippen molar-refractivity contribution < 1.29 is 14.3 Å². The lowest BCUT2D eigenvalue weighted by Gasteiger charge is -2.23. The molecule has 0 saturated carbocycles. The number of carbonyl (C=O) groups excluding carboxylic acids is 2. The van der Waals surface area contributed by atoms with Gasteiger partial charge in [-0.3, -0.25) is 9.59 Å². The summed E-state index contributed by atoms with van der Waals surface area (Å²) in [5.41, 5.74) is 1.74. The van der Waals surface area contributed by atoms with Gasteiger partial charge in [0.1, 0.15) is 6.04 Å². The largest absolute Gasteiger partial charge is 0.385 e. The Morgan fingerprint density at radius 1 is 1.36 bits per heavy atom. The maximum atomic E-state index is 12.6. The van der Waals surface area contributed by atoms with E-state index in [1.165, 1.54) is 0 Å². The number of aryl methyl sites for hydroxylation is 1. The molecule has 1 heterocycles. The van der Waals surface area contributed by atoms with Gasteiger partial charge in [0.2, 0.25) is 5.91 Å². The molecule has 0 spiro atoms. The van der Waals surface area contributed by atoms with Crippen molar-refractivity contribution in [2.75, 3.05) is 31.9 Å². The fourth-order valence-corrected chi connectivity index (χ4v) is 3.42. The Bertz CT molecular complexity index is 519. The number of methoxy groups -OCH3 is 1. The predicted octanol–water partition coefficient (Wildman–Crippen LogP) is 1.66. The van der Waals surface area contributed by atoms with Crippen LogP contribution in [0.2, 0.25) is 0 Å². The molecular weight excluding hydrogens is 300 g/mol. The van der Waals surface area contributed by atoms with Gasteiger partial charge in [-0.2, -0.15) is 0 Å². The molecule has 0 bridgehead atoms. The molecule has 22 heavy (non-hydrogen) atoms. The zero-order valence-electron chi connectivity index (χ0n) is 13.0. The standard InChI is InChI=1S/C16H22N2O3S/c1-12-4-6-13(7-5-12)16(20)18-11-22-10-14(18)15(19)17-8-3-9-21-2/h4-7,14H,3,8-11H2,1-2H3,(H,17,19). The lowest BCUT2D eigenvalue weighted by atomic mass is 10.1. The summed E-state index contributed by atoms with van der Waals surface area (Å²) in [6.45, 7) is 3.17. The molecule has 2 amide bonds. The van der Waals surface area contributed by atoms with Crippen LogP contribution >= 0.6 is 11.8 Å². The van der Waals surface area contributed by atoms with Crippen LogP contribution in [0.4, 0.5) is 0 Å². The van der Waals surface area contributed by atoms with Gasteiger partial charge >= 0.3 is 0 Å². The molecule has 120 valence electrons. The third-order valence-electron chi connectivity index (χ3n) is 3.57. The number of nitrogens with zero attached hydrogens (tertiary/aromatic N) is 1. The van der Waals surface area contributed by atoms with Crippen LogP contribution in [0.5, 0.6) is 0 Å². The topological polar surface area (TPSA) is 58.6 Å². The Morgan fingerprint density at radius 2 is 2.09 bits per heavy atom. The van der Waals surface area contributed by atoms with Gasteiger partial charge in [-0.15, -0.1) is 11.8 Å². The number of nitrogens with one attached hydrogen (secondary N) is 1. The number of hydrogen-bond acceptors (Lipinski definition) is 4. The van der Waals surface area contributed by atoms with Crippen molar-refractivity contribution in [3.8, 4) is 0 Å². The van der Waals surface area contributed by atoms with Crippen LogP contribution in [-0.4, -0.2) is 54.6 Å². The summed E-state index contributed by atoms with van der Waals surface area (Å²) in [7, 11) is 1.64. The molecule has 1 fully saturated rings. The molecule has 0 radical (unpaired) electrons. The average Bonchev–Trinajstić information content (AvgIpc) is 3.01. The number of hydrogen-bond donors (Lipinski definition) is 1. The Kier molecular flexibility index (Phi) is 6.27. The van der Waals surface area contributed by atoms with E-state index in [0.717, 1.165) is 12.0 Å². The number of benzene rings is 1. The third-order valence-corrected chi connectivity index (χ3v) is 4.58. The van der Waals surface area contributed by atoms with Crippen molar-refractivity contribution in [3.63, 3.8) is 0 Å². The molecule has 1 aliphatic heterocycles. The molecule has 1 atom stereocenters. The first kappa shape index (κ1) is 16.8. The predicted molar refractivity (Wildman–Crippen MR) is 88.0 cm³/mol. The van der Waals surface area contributed by atoms with Crippen molar-refractivity contribution in [1.29, 1.82) is 0 Å². The number of thioether (sulfide) groups is 1. The molecule has 2 rings (SSSR count). The van der Waals surface area contributed by atoms with E-state index in [9.17, 15) is 9.59 Å². The van der Waals surface area contributed by atoms with E-state index in [-0.39, 0.29) is 17.9 Å². The van der Waals surface area contributed by atoms with Gasteiger partial charge in [0.05, 0.1) is 5.88 Å². The summed E-state index contributed by atoms with van der Waals surface area (Å²) >= 11 is 1.61. The van der Waals surface area contributed by atoms with Gasteiger partial charge in [-0.25, -0.2) is 0 Å². The highest BCUT2D eigenvalue weighted by Gasteiger charge is 2.34. The highest BCUT2D eigenvalue weighted by Crippen LogP contribution is 2.23. The second-order valence-corrected chi connectivity index (χ2v) is 6.29. The molecule has 1 N–H and O–H groups in total. The van der Waals surface area contributed by atoms with Gasteiger partial charge in [-0.05, 0) is 25.5 Å². The zero-order chi connectivity index (χ0) is 15.9. The van der Waals surface area contributed by atoms with E-state index in [0.29, 0.717) is 30.3 Å². The normalized spacial score (nSPS) is 17.5. The van der Waals surface area contributed by atoms with Crippen LogP contribution < -0.4 is 5.32 Å². The molecule has 1 aromatic carbocycles.